The van der Waals surface area contributed by atoms with E-state index in [1.807, 2.05) is 33.0 Å². The standard InChI is InChI=1S/C76H123N21O20S/c1-13-39(8)59(94-68(109)51(32-56(78)100)90-66(107)49(30-37(4)5)88-63(104)45(77)29-36(2)3)74(115)97-27-18-23-55(97)71(112)92-53(35-98)73(114)96-26-17-22-54(96)70(111)85-41(10)62(103)93-58(38(6)7)72(113)91-50(31-43-34-83-46-20-15-14-19-44(43)46)67(108)87-48(24-28-118-12)64(105)84-40(9)61(102)86-47(21-16-25-82-76(80)81)65(106)89-52(33-57(79)101)69(110)95-60(42(11)99)75(116)117/h14-15,19-20,34,36-42,45,47-55,58-60,83,98-99H,13,16-18,21-33,35,77H2,1-12H3,(H2,78,100)(H2,79,101)(H,84,105)(H,85,111)(H,86,102)(H,87,108)(H,88,104)(H,89,106)(H,90,107)(H,91,113)(H,92,112)(H,93,103)(H,94,109)(H,95,110)(H,116,117)(H4,80,81,82)/t39-,40-,41-,42+,45-,47-,48-,49-,50-,51-,52-,53-,54-,55-,58-,59-,60-/m0/s1. The van der Waals surface area contributed by atoms with Crippen LogP contribution in [0.2, 0.25) is 0 Å². The molecule has 0 unspecified atom stereocenters. The first-order chi connectivity index (χ1) is 55.4. The third-order valence-corrected chi connectivity index (χ3v) is 20.8. The van der Waals surface area contributed by atoms with Gasteiger partial charge in [0.2, 0.25) is 94.5 Å². The highest BCUT2D eigenvalue weighted by atomic mass is 32.2. The van der Waals surface area contributed by atoms with E-state index in [0.717, 1.165) is 11.8 Å². The SMILES string of the molecule is CC[C@H](C)[C@H](NC(=O)[C@H](CC(N)=O)NC(=O)[C@H](CC(C)C)NC(=O)[C@@H](N)CC(C)C)C(=O)N1CCC[C@H]1C(=O)N[C@@H](CO)C(=O)N1CCC[C@H]1C(=O)N[C@@H](C)C(=O)N[C@H](C(=O)N[C@@H](Cc1c[nH]c2ccccc12)C(=O)N[C@@H](CCSC)C(=O)N[C@@H](C)C(=O)N[C@@H](CCCNC(=N)N)C(=O)N[C@@H](CC(N)=O)C(=O)N[C@H](C(=O)O)[C@@H](C)O)C(C)C. The quantitative estimate of drug-likeness (QED) is 0.0167. The molecule has 2 aromatic rings. The van der Waals surface area contributed by atoms with Crippen LogP contribution < -0.4 is 92.1 Å². The third-order valence-electron chi connectivity index (χ3n) is 20.1. The lowest BCUT2D eigenvalue weighted by Gasteiger charge is -2.33. The number of primary amides is 2. The van der Waals surface area contributed by atoms with Gasteiger partial charge in [-0.15, -0.1) is 0 Å². The van der Waals surface area contributed by atoms with Gasteiger partial charge in [0, 0.05) is 43.2 Å². The van der Waals surface area contributed by atoms with Crippen LogP contribution in [0.3, 0.4) is 0 Å². The average Bonchev–Trinajstić information content (AvgIpc) is 1.69. The van der Waals surface area contributed by atoms with Crippen LogP contribution in [0.4, 0.5) is 0 Å². The maximum Gasteiger partial charge on any atom is 0.328 e. The number of H-pyrrole nitrogens is 1. The number of fused-ring (bicyclic) bond motifs is 1. The fourth-order valence-corrected chi connectivity index (χ4v) is 13.9. The molecule has 17 atom stereocenters. The predicted molar refractivity (Wildman–Crippen MR) is 433 cm³/mol. The number of carbonyl (C=O) groups excluding carboxylic acids is 16. The van der Waals surface area contributed by atoms with Gasteiger partial charge in [-0.25, -0.2) is 4.79 Å². The number of hydrogen-bond donors (Lipinski definition) is 22. The first-order valence-corrected chi connectivity index (χ1v) is 41.1. The molecular weight excluding hydrogens is 1560 g/mol. The maximum absolute atomic E-state index is 14.8. The van der Waals surface area contributed by atoms with Crippen LogP contribution in [-0.4, -0.2) is 272 Å². The Balaban J connectivity index is 1.50. The highest BCUT2D eigenvalue weighted by Crippen LogP contribution is 2.25. The number of likely N-dealkylation sites (tertiary alicyclic amines) is 2. The van der Waals surface area contributed by atoms with Crippen molar-refractivity contribution in [3.8, 4) is 0 Å². The summed E-state index contributed by atoms with van der Waals surface area (Å²) < 4.78 is 0. The van der Waals surface area contributed by atoms with Crippen molar-refractivity contribution in [3.63, 3.8) is 0 Å². The van der Waals surface area contributed by atoms with Crippen LogP contribution in [-0.2, 0) is 87.9 Å². The van der Waals surface area contributed by atoms with Crippen LogP contribution >= 0.6 is 11.8 Å². The van der Waals surface area contributed by atoms with E-state index in [-0.39, 0.29) is 88.6 Å². The number of carboxylic acid groups (broad SMARTS) is 1. The van der Waals surface area contributed by atoms with Crippen LogP contribution in [0.15, 0.2) is 30.5 Å². The van der Waals surface area contributed by atoms with Crippen molar-refractivity contribution in [1.82, 2.24) is 83.9 Å². The molecule has 2 saturated heterocycles. The van der Waals surface area contributed by atoms with Crippen molar-refractivity contribution in [1.29, 1.82) is 5.41 Å². The zero-order valence-electron chi connectivity index (χ0n) is 69.1. The summed E-state index contributed by atoms with van der Waals surface area (Å²) in [5.74, 6) is -17.7. The van der Waals surface area contributed by atoms with E-state index in [4.69, 9.17) is 28.3 Å². The van der Waals surface area contributed by atoms with Gasteiger partial charge in [0.15, 0.2) is 12.0 Å². The van der Waals surface area contributed by atoms with Gasteiger partial charge in [0.1, 0.15) is 78.5 Å². The van der Waals surface area contributed by atoms with Gasteiger partial charge >= 0.3 is 5.97 Å². The van der Waals surface area contributed by atoms with Gasteiger partial charge in [-0.2, -0.15) is 11.8 Å². The normalized spacial score (nSPS) is 17.8. The number of aromatic amines is 1. The molecule has 0 bridgehead atoms. The summed E-state index contributed by atoms with van der Waals surface area (Å²) in [6, 6.07) is -14.5. The predicted octanol–water partition coefficient (Wildman–Crippen LogP) is -5.10. The molecule has 0 spiro atoms. The zero-order chi connectivity index (χ0) is 88.7. The highest BCUT2D eigenvalue weighted by molar-refractivity contribution is 7.98. The monoisotopic (exact) mass is 1680 g/mol. The summed E-state index contributed by atoms with van der Waals surface area (Å²) in [5, 5.41) is 71.3. The molecule has 0 radical (unpaired) electrons. The number of para-hydroxylation sites is 1. The minimum absolute atomic E-state index is 0.00655. The van der Waals surface area contributed by atoms with E-state index in [2.05, 4.69) is 68.8 Å². The number of carboxylic acids is 1. The van der Waals surface area contributed by atoms with E-state index in [1.165, 1.54) is 30.5 Å². The number of rotatable bonds is 49. The first-order valence-electron chi connectivity index (χ1n) is 39.7. The molecule has 42 heteroatoms. The van der Waals surface area contributed by atoms with Crippen LogP contribution in [0, 0.1) is 29.1 Å². The summed E-state index contributed by atoms with van der Waals surface area (Å²) in [4.78, 5) is 239. The van der Waals surface area contributed by atoms with Gasteiger partial charge in [-0.1, -0.05) is 80.0 Å². The Morgan fingerprint density at radius 3 is 1.53 bits per heavy atom. The Bertz CT molecular complexity index is 3880. The number of nitrogens with two attached hydrogens (primary N) is 4. The molecule has 16 amide bonds. The van der Waals surface area contributed by atoms with Gasteiger partial charge in [0.25, 0.3) is 0 Å². The number of aliphatic carboxylic acids is 1. The van der Waals surface area contributed by atoms with Crippen molar-refractivity contribution >= 4 is 129 Å². The molecule has 1 aromatic heterocycles. The Labute approximate surface area is 689 Å². The lowest BCUT2D eigenvalue weighted by atomic mass is 9.96. The number of hydrogen-bond acceptors (Lipinski definition) is 22. The van der Waals surface area contributed by atoms with Crippen LogP contribution in [0.25, 0.3) is 10.9 Å². The van der Waals surface area contributed by atoms with Crippen molar-refractivity contribution in [2.24, 2.45) is 46.6 Å². The van der Waals surface area contributed by atoms with Crippen LogP contribution in [0.5, 0.6) is 0 Å². The van der Waals surface area contributed by atoms with Crippen molar-refractivity contribution in [2.45, 2.75) is 256 Å². The molecule has 26 N–H and O–H groups in total. The second-order valence-corrected chi connectivity index (χ2v) is 32.1. The molecule has 1 aromatic carbocycles. The Morgan fingerprint density at radius 1 is 0.542 bits per heavy atom. The third kappa shape index (κ3) is 30.9. The molecular formula is C76H123N21O20S. The number of thioether (sulfide) groups is 1. The van der Waals surface area contributed by atoms with E-state index in [9.17, 15) is 96.8 Å². The number of amides is 16. The Morgan fingerprint density at radius 2 is 1.01 bits per heavy atom. The maximum atomic E-state index is 14.8. The number of benzene rings is 1. The van der Waals surface area contributed by atoms with Gasteiger partial charge in [0.05, 0.1) is 31.6 Å². The second-order valence-electron chi connectivity index (χ2n) is 31.2. The van der Waals surface area contributed by atoms with Crippen molar-refractivity contribution < 1.29 is 96.8 Å². The number of aliphatic hydroxyl groups is 2. The molecule has 658 valence electrons. The highest BCUT2D eigenvalue weighted by Gasteiger charge is 2.45. The number of aliphatic hydroxyl groups excluding tert-OH is 2. The lowest BCUT2D eigenvalue weighted by molar-refractivity contribution is -0.146. The lowest BCUT2D eigenvalue weighted by Crippen LogP contribution is -2.61. The number of nitrogens with one attached hydrogen (secondary N) is 15. The van der Waals surface area contributed by atoms with Gasteiger partial charge < -0.3 is 122 Å². The molecule has 2 fully saturated rings. The van der Waals surface area contributed by atoms with Crippen molar-refractivity contribution in [3.05, 3.63) is 36.0 Å². The fourth-order valence-electron chi connectivity index (χ4n) is 13.4. The van der Waals surface area contributed by atoms with E-state index in [0.29, 0.717) is 35.7 Å². The molecule has 2 aliphatic rings. The number of guanidine groups is 1. The van der Waals surface area contributed by atoms with Gasteiger partial charge in [-0.05, 0) is 126 Å². The molecule has 3 heterocycles. The Kier molecular flexibility index (Phi) is 40.7. The first kappa shape index (κ1) is 99.6. The van der Waals surface area contributed by atoms with E-state index < -0.39 is 234 Å². The summed E-state index contributed by atoms with van der Waals surface area (Å²) >= 11 is 1.30. The molecule has 0 saturated carbocycles. The molecule has 2 aliphatic heterocycles. The summed E-state index contributed by atoms with van der Waals surface area (Å²) in [6.45, 7) is 16.7. The van der Waals surface area contributed by atoms with Crippen LogP contribution in [0.1, 0.15) is 159 Å². The largest absolute Gasteiger partial charge is 0.480 e. The smallest absolute Gasteiger partial charge is 0.328 e. The molecule has 4 rings (SSSR count). The van der Waals surface area contributed by atoms with Crippen molar-refractivity contribution in [2.75, 3.05) is 38.2 Å². The summed E-state index contributed by atoms with van der Waals surface area (Å²) in [6.07, 6.45) is 1.28. The molecule has 118 heavy (non-hydrogen) atoms. The fraction of sp³-hybridized carbons (Fsp3) is 0.658. The topological polar surface area (TPSA) is 657 Å². The number of nitrogens with zero attached hydrogens (tertiary/aromatic N) is 2. The molecule has 41 nitrogen and oxygen atoms in total. The van der Waals surface area contributed by atoms with Gasteiger partial charge in [-0.3, -0.25) is 82.1 Å². The van der Waals surface area contributed by atoms with E-state index >= 15 is 0 Å². The summed E-state index contributed by atoms with van der Waals surface area (Å²) in [7, 11) is 0. The average molecular weight is 1680 g/mol. The Hall–Kier alpha value is -10.7. The number of carbonyl (C=O) groups is 17. The minimum Gasteiger partial charge on any atom is -0.480 e. The molecule has 0 aliphatic carbocycles. The minimum atomic E-state index is -1.87. The zero-order valence-corrected chi connectivity index (χ0v) is 69.9. The summed E-state index contributed by atoms with van der Waals surface area (Å²) in [5.41, 5.74) is 23.7. The second kappa shape index (κ2) is 48.2. The van der Waals surface area contributed by atoms with E-state index in [1.54, 1.807) is 64.4 Å². The number of aromatic nitrogens is 1.